The lowest BCUT2D eigenvalue weighted by Gasteiger charge is -2.27. The van der Waals surface area contributed by atoms with Gasteiger partial charge in [-0.1, -0.05) is 23.8 Å². The van der Waals surface area contributed by atoms with E-state index in [0.29, 0.717) is 10.6 Å². The van der Waals surface area contributed by atoms with Crippen molar-refractivity contribution in [1.29, 1.82) is 0 Å². The van der Waals surface area contributed by atoms with Crippen molar-refractivity contribution in [2.24, 2.45) is 11.8 Å². The monoisotopic (exact) mass is 350 g/mol. The van der Waals surface area contributed by atoms with E-state index in [1.807, 2.05) is 0 Å². The molecule has 2 aliphatic rings. The van der Waals surface area contributed by atoms with Gasteiger partial charge in [0, 0.05) is 10.6 Å². The quantitative estimate of drug-likeness (QED) is 0.560. The van der Waals surface area contributed by atoms with Crippen LogP contribution in [0.15, 0.2) is 36.4 Å². The second-order valence-corrected chi connectivity index (χ2v) is 6.35. The third kappa shape index (κ3) is 2.76. The fraction of sp³-hybridized carbons (Fsp3) is 0.312. The first kappa shape index (κ1) is 16.5. The van der Waals surface area contributed by atoms with Gasteiger partial charge in [-0.2, -0.15) is 0 Å². The van der Waals surface area contributed by atoms with E-state index in [9.17, 15) is 19.5 Å². The minimum absolute atomic E-state index is 0.310. The van der Waals surface area contributed by atoms with Crippen LogP contribution in [0.4, 0.5) is 0 Å². The summed E-state index contributed by atoms with van der Waals surface area (Å²) in [6.45, 7) is 1.65. The molecule has 24 heavy (non-hydrogen) atoms. The maximum Gasteiger partial charge on any atom is 0.310 e. The molecule has 1 fully saturated rings. The number of hydrazine groups is 1. The first-order valence-corrected chi connectivity index (χ1v) is 7.65. The lowest BCUT2D eigenvalue weighted by Crippen LogP contribution is -2.52. The van der Waals surface area contributed by atoms with Crippen molar-refractivity contribution < 1.29 is 24.2 Å². The minimum Gasteiger partial charge on any atom is -0.481 e. The highest BCUT2D eigenvalue weighted by Crippen LogP contribution is 2.46. The molecule has 3 rings (SSSR count). The van der Waals surface area contributed by atoms with Crippen molar-refractivity contribution >= 4 is 29.4 Å². The molecule has 0 spiro atoms. The predicted molar refractivity (Wildman–Crippen MR) is 84.1 cm³/mol. The highest BCUT2D eigenvalue weighted by atomic mass is 35.5. The van der Waals surface area contributed by atoms with Gasteiger partial charge in [0.25, 0.3) is 5.91 Å². The van der Waals surface area contributed by atoms with Crippen molar-refractivity contribution in [3.05, 3.63) is 47.0 Å². The van der Waals surface area contributed by atoms with Gasteiger partial charge in [-0.25, -0.2) is 0 Å². The molecule has 2 heterocycles. The van der Waals surface area contributed by atoms with Crippen LogP contribution in [0.2, 0.25) is 5.02 Å². The second kappa shape index (κ2) is 5.92. The molecule has 2 bridgehead atoms. The zero-order valence-corrected chi connectivity index (χ0v) is 13.4. The average molecular weight is 351 g/mol. The van der Waals surface area contributed by atoms with E-state index in [4.69, 9.17) is 16.3 Å². The summed E-state index contributed by atoms with van der Waals surface area (Å²) in [5, 5.41) is 9.84. The van der Waals surface area contributed by atoms with Gasteiger partial charge in [0.2, 0.25) is 5.91 Å². The number of fused-ring (bicyclic) bond motifs is 2. The number of carbonyl (C=O) groups is 3. The first-order valence-electron chi connectivity index (χ1n) is 7.27. The molecule has 8 heteroatoms. The Morgan fingerprint density at radius 3 is 2.50 bits per heavy atom. The number of carboxylic acid groups (broad SMARTS) is 1. The van der Waals surface area contributed by atoms with E-state index in [2.05, 4.69) is 10.9 Å². The number of carbonyl (C=O) groups excluding carboxylic acids is 2. The fourth-order valence-corrected chi connectivity index (χ4v) is 3.28. The third-order valence-electron chi connectivity index (χ3n) is 4.31. The lowest BCUT2D eigenvalue weighted by atomic mass is 9.76. The Morgan fingerprint density at radius 1 is 1.21 bits per heavy atom. The molecule has 1 aromatic carbocycles. The van der Waals surface area contributed by atoms with E-state index >= 15 is 0 Å². The van der Waals surface area contributed by atoms with E-state index in [0.717, 1.165) is 0 Å². The van der Waals surface area contributed by atoms with E-state index in [1.54, 1.807) is 31.2 Å². The summed E-state index contributed by atoms with van der Waals surface area (Å²) in [6.07, 6.45) is 2.69. The summed E-state index contributed by atoms with van der Waals surface area (Å²) in [5.74, 6) is -4.18. The van der Waals surface area contributed by atoms with Gasteiger partial charge in [-0.3, -0.25) is 25.2 Å². The van der Waals surface area contributed by atoms with Crippen LogP contribution >= 0.6 is 11.6 Å². The number of ether oxygens (including phenoxy) is 1. The number of benzene rings is 1. The highest BCUT2D eigenvalue weighted by Gasteiger charge is 2.59. The average Bonchev–Trinajstić information content (AvgIpc) is 3.06. The van der Waals surface area contributed by atoms with Gasteiger partial charge in [0.1, 0.15) is 5.92 Å². The topological polar surface area (TPSA) is 105 Å². The number of carboxylic acids is 1. The van der Waals surface area contributed by atoms with Crippen LogP contribution < -0.4 is 10.9 Å². The smallest absolute Gasteiger partial charge is 0.310 e. The largest absolute Gasteiger partial charge is 0.481 e. The Balaban J connectivity index is 1.68. The van der Waals surface area contributed by atoms with Crippen molar-refractivity contribution in [3.63, 3.8) is 0 Å². The van der Waals surface area contributed by atoms with Crippen LogP contribution in [0.25, 0.3) is 0 Å². The van der Waals surface area contributed by atoms with E-state index in [-0.39, 0.29) is 0 Å². The zero-order valence-electron chi connectivity index (χ0n) is 12.7. The van der Waals surface area contributed by atoms with Crippen LogP contribution in [0.5, 0.6) is 0 Å². The molecule has 3 N–H and O–H groups in total. The van der Waals surface area contributed by atoms with Crippen LogP contribution in [-0.4, -0.2) is 34.6 Å². The van der Waals surface area contributed by atoms with Crippen molar-refractivity contribution in [3.8, 4) is 0 Å². The predicted octanol–water partition coefficient (Wildman–Crippen LogP) is 1.15. The molecular weight excluding hydrogens is 336 g/mol. The highest BCUT2D eigenvalue weighted by molar-refractivity contribution is 6.30. The van der Waals surface area contributed by atoms with Gasteiger partial charge < -0.3 is 9.84 Å². The lowest BCUT2D eigenvalue weighted by molar-refractivity contribution is -0.147. The number of aliphatic carboxylic acids is 1. The van der Waals surface area contributed by atoms with Crippen molar-refractivity contribution in [2.75, 3.05) is 0 Å². The summed E-state index contributed by atoms with van der Waals surface area (Å²) >= 11 is 5.75. The molecule has 126 valence electrons. The maximum absolute atomic E-state index is 12.4. The second-order valence-electron chi connectivity index (χ2n) is 5.92. The van der Waals surface area contributed by atoms with Crippen LogP contribution in [-0.2, 0) is 14.3 Å². The third-order valence-corrected chi connectivity index (χ3v) is 4.56. The molecule has 0 aromatic heterocycles. The number of rotatable bonds is 3. The zero-order chi connectivity index (χ0) is 17.5. The summed E-state index contributed by atoms with van der Waals surface area (Å²) in [7, 11) is 0. The molecule has 1 aromatic rings. The number of hydrogen-bond donors (Lipinski definition) is 3. The standard InChI is InChI=1S/C16H15ClN2O5/c1-16-7-6-10(24-16)11(15(22)23)12(16)14(21)19-18-13(20)8-2-4-9(17)5-3-8/h2-7,10-12H,1H3,(H,18,20)(H,19,21)(H,22,23)/t10-,11+,12+,16+/m1/s1. The minimum atomic E-state index is -1.11. The summed E-state index contributed by atoms with van der Waals surface area (Å²) in [6, 6.07) is 6.12. The molecule has 7 nitrogen and oxygen atoms in total. The molecule has 0 radical (unpaired) electrons. The van der Waals surface area contributed by atoms with Crippen LogP contribution in [0, 0.1) is 11.8 Å². The van der Waals surface area contributed by atoms with Gasteiger partial charge in [-0.15, -0.1) is 0 Å². The molecule has 1 saturated heterocycles. The van der Waals surface area contributed by atoms with Crippen LogP contribution in [0.1, 0.15) is 17.3 Å². The Morgan fingerprint density at radius 2 is 1.88 bits per heavy atom. The summed E-state index contributed by atoms with van der Waals surface area (Å²) in [5.41, 5.74) is 3.87. The van der Waals surface area contributed by atoms with Gasteiger partial charge >= 0.3 is 5.97 Å². The SMILES string of the molecule is C[C@@]12C=C[C@@H](O1)[C@H](C(=O)O)[C@H]2C(=O)NNC(=O)c1ccc(Cl)cc1. The number of halogens is 1. The van der Waals surface area contributed by atoms with Gasteiger partial charge in [0.15, 0.2) is 0 Å². The van der Waals surface area contributed by atoms with E-state index in [1.165, 1.54) is 12.1 Å². The first-order chi connectivity index (χ1) is 11.3. The fourth-order valence-electron chi connectivity index (χ4n) is 3.15. The van der Waals surface area contributed by atoms with Crippen LogP contribution in [0.3, 0.4) is 0 Å². The number of amides is 2. The number of hydrogen-bond acceptors (Lipinski definition) is 4. The normalized spacial score (nSPS) is 30.2. The Kier molecular flexibility index (Phi) is 4.06. The molecular formula is C16H15ClN2O5. The molecule has 0 saturated carbocycles. The number of nitrogens with one attached hydrogen (secondary N) is 2. The molecule has 2 aliphatic heterocycles. The van der Waals surface area contributed by atoms with Crippen molar-refractivity contribution in [1.82, 2.24) is 10.9 Å². The maximum atomic E-state index is 12.4. The Hall–Kier alpha value is -2.38. The summed E-state index contributed by atoms with van der Waals surface area (Å²) in [4.78, 5) is 35.9. The molecule has 0 aliphatic carbocycles. The molecule has 0 unspecified atom stereocenters. The Labute approximate surface area is 142 Å². The molecule has 4 atom stereocenters. The molecule has 2 amide bonds. The van der Waals surface area contributed by atoms with Gasteiger partial charge in [-0.05, 0) is 31.2 Å². The van der Waals surface area contributed by atoms with Crippen molar-refractivity contribution in [2.45, 2.75) is 18.6 Å². The van der Waals surface area contributed by atoms with Gasteiger partial charge in [0.05, 0.1) is 17.6 Å². The Bertz CT molecular complexity index is 732. The van der Waals surface area contributed by atoms with E-state index < -0.39 is 41.3 Å². The summed E-state index contributed by atoms with van der Waals surface area (Å²) < 4.78 is 5.59.